The number of ether oxygens (including phenoxy) is 1. The lowest BCUT2D eigenvalue weighted by Gasteiger charge is -2.18. The number of carbonyl (C=O) groups excluding carboxylic acids is 2. The lowest BCUT2D eigenvalue weighted by Crippen LogP contribution is -2.27. The Morgan fingerprint density at radius 3 is 2.52 bits per heavy atom. The van der Waals surface area contributed by atoms with E-state index in [2.05, 4.69) is 15.0 Å². The van der Waals surface area contributed by atoms with Crippen LogP contribution >= 0.6 is 11.3 Å². The molecule has 0 aliphatic rings. The molecule has 1 amide bonds. The summed E-state index contributed by atoms with van der Waals surface area (Å²) in [6.07, 6.45) is 2.66. The van der Waals surface area contributed by atoms with Crippen molar-refractivity contribution < 1.29 is 22.7 Å². The first-order valence-electron chi connectivity index (χ1n) is 7.06. The first-order chi connectivity index (χ1) is 11.7. The Morgan fingerprint density at radius 2 is 1.96 bits per heavy atom. The number of nitrogens with zero attached hydrogens (tertiary/aromatic N) is 2. The average Bonchev–Trinajstić information content (AvgIpc) is 3.10. The SMILES string of the molecule is COC(=O)c1cc(C(=O)NCc2nccs2)cc(N(C)S(C)(=O)=O)c1. The lowest BCUT2D eigenvalue weighted by atomic mass is 10.1. The number of carbonyl (C=O) groups is 2. The maximum atomic E-state index is 12.4. The summed E-state index contributed by atoms with van der Waals surface area (Å²) in [5, 5.41) is 5.20. The van der Waals surface area contributed by atoms with Gasteiger partial charge in [0.2, 0.25) is 10.0 Å². The molecule has 10 heteroatoms. The molecule has 8 nitrogen and oxygen atoms in total. The highest BCUT2D eigenvalue weighted by molar-refractivity contribution is 7.92. The molecule has 134 valence electrons. The highest BCUT2D eigenvalue weighted by atomic mass is 32.2. The lowest BCUT2D eigenvalue weighted by molar-refractivity contribution is 0.0600. The number of methoxy groups -OCH3 is 1. The van der Waals surface area contributed by atoms with Crippen molar-refractivity contribution in [2.45, 2.75) is 6.54 Å². The van der Waals surface area contributed by atoms with Crippen LogP contribution < -0.4 is 9.62 Å². The minimum atomic E-state index is -3.55. The van der Waals surface area contributed by atoms with E-state index in [1.807, 2.05) is 0 Å². The number of amides is 1. The molecule has 0 spiro atoms. The zero-order valence-corrected chi connectivity index (χ0v) is 15.5. The number of hydrogen-bond donors (Lipinski definition) is 1. The number of rotatable bonds is 6. The van der Waals surface area contributed by atoms with E-state index in [4.69, 9.17) is 0 Å². The number of thiazole rings is 1. The van der Waals surface area contributed by atoms with E-state index >= 15 is 0 Å². The third kappa shape index (κ3) is 4.77. The Kier molecular flexibility index (Phi) is 5.75. The van der Waals surface area contributed by atoms with Crippen LogP contribution in [0.3, 0.4) is 0 Å². The molecule has 0 aliphatic heterocycles. The Bertz CT molecular complexity index is 879. The first kappa shape index (κ1) is 18.9. The van der Waals surface area contributed by atoms with Gasteiger partial charge in [-0.25, -0.2) is 18.2 Å². The van der Waals surface area contributed by atoms with E-state index in [1.54, 1.807) is 11.6 Å². The maximum Gasteiger partial charge on any atom is 0.337 e. The molecule has 1 N–H and O–H groups in total. The highest BCUT2D eigenvalue weighted by Gasteiger charge is 2.19. The van der Waals surface area contributed by atoms with Gasteiger partial charge in [0.05, 0.1) is 31.2 Å². The van der Waals surface area contributed by atoms with Crippen molar-refractivity contribution >= 4 is 38.9 Å². The number of sulfonamides is 1. The Hall–Kier alpha value is -2.46. The van der Waals surface area contributed by atoms with Crippen LogP contribution in [-0.2, 0) is 21.3 Å². The van der Waals surface area contributed by atoms with Crippen LogP contribution in [0.2, 0.25) is 0 Å². The predicted molar refractivity (Wildman–Crippen MR) is 94.3 cm³/mol. The number of hydrogen-bond acceptors (Lipinski definition) is 7. The van der Waals surface area contributed by atoms with Gasteiger partial charge in [-0.3, -0.25) is 9.10 Å². The topological polar surface area (TPSA) is 106 Å². The van der Waals surface area contributed by atoms with Crippen molar-refractivity contribution in [3.63, 3.8) is 0 Å². The third-order valence-electron chi connectivity index (χ3n) is 3.35. The molecule has 0 saturated heterocycles. The second-order valence-electron chi connectivity index (χ2n) is 5.10. The standard InChI is InChI=1S/C15H17N3O5S2/c1-18(25(3,21)22)12-7-10(6-11(8-12)15(20)23-2)14(19)17-9-13-16-4-5-24-13/h4-8H,9H2,1-3H3,(H,17,19). The van der Waals surface area contributed by atoms with E-state index in [0.29, 0.717) is 0 Å². The molecular weight excluding hydrogens is 366 g/mol. The quantitative estimate of drug-likeness (QED) is 0.753. The zero-order chi connectivity index (χ0) is 18.6. The molecule has 1 heterocycles. The van der Waals surface area contributed by atoms with E-state index in [0.717, 1.165) is 15.6 Å². The van der Waals surface area contributed by atoms with E-state index in [-0.39, 0.29) is 23.4 Å². The number of esters is 1. The van der Waals surface area contributed by atoms with Gasteiger partial charge in [0, 0.05) is 24.2 Å². The van der Waals surface area contributed by atoms with Gasteiger partial charge in [0.1, 0.15) is 5.01 Å². The van der Waals surface area contributed by atoms with Gasteiger partial charge >= 0.3 is 5.97 Å². The van der Waals surface area contributed by atoms with Gasteiger partial charge in [0.15, 0.2) is 0 Å². The van der Waals surface area contributed by atoms with Crippen LogP contribution in [0.4, 0.5) is 5.69 Å². The molecule has 1 aromatic carbocycles. The van der Waals surface area contributed by atoms with Crippen LogP contribution in [0.5, 0.6) is 0 Å². The van der Waals surface area contributed by atoms with Crippen molar-refractivity contribution in [2.24, 2.45) is 0 Å². The van der Waals surface area contributed by atoms with Gasteiger partial charge in [-0.2, -0.15) is 0 Å². The zero-order valence-electron chi connectivity index (χ0n) is 13.8. The van der Waals surface area contributed by atoms with Gasteiger partial charge < -0.3 is 10.1 Å². The summed E-state index contributed by atoms with van der Waals surface area (Å²) < 4.78 is 29.1. The highest BCUT2D eigenvalue weighted by Crippen LogP contribution is 2.21. The molecule has 1 aromatic heterocycles. The molecule has 0 radical (unpaired) electrons. The summed E-state index contributed by atoms with van der Waals surface area (Å²) in [6, 6.07) is 4.10. The Morgan fingerprint density at radius 1 is 1.28 bits per heavy atom. The van der Waals surface area contributed by atoms with Crippen molar-refractivity contribution in [1.82, 2.24) is 10.3 Å². The number of anilines is 1. The van der Waals surface area contributed by atoms with Crippen molar-refractivity contribution in [3.05, 3.63) is 45.9 Å². The average molecular weight is 383 g/mol. The molecule has 2 rings (SSSR count). The minimum Gasteiger partial charge on any atom is -0.465 e. The van der Waals surface area contributed by atoms with Crippen LogP contribution in [0.15, 0.2) is 29.8 Å². The normalized spacial score (nSPS) is 11.0. The van der Waals surface area contributed by atoms with Crippen LogP contribution in [-0.4, -0.2) is 45.7 Å². The van der Waals surface area contributed by atoms with E-state index in [1.165, 1.54) is 43.7 Å². The van der Waals surface area contributed by atoms with Crippen molar-refractivity contribution in [2.75, 3.05) is 24.7 Å². The summed E-state index contributed by atoms with van der Waals surface area (Å²) in [7, 11) is -1.01. The molecular formula is C15H17N3O5S2. The second-order valence-corrected chi connectivity index (χ2v) is 8.09. The first-order valence-corrected chi connectivity index (χ1v) is 9.79. The molecule has 0 unspecified atom stereocenters. The van der Waals surface area contributed by atoms with Crippen LogP contribution in [0, 0.1) is 0 Å². The van der Waals surface area contributed by atoms with Crippen molar-refractivity contribution in [1.29, 1.82) is 0 Å². The third-order valence-corrected chi connectivity index (χ3v) is 5.33. The fourth-order valence-corrected chi connectivity index (χ4v) is 2.99. The largest absolute Gasteiger partial charge is 0.465 e. The maximum absolute atomic E-state index is 12.4. The Labute approximate surface area is 149 Å². The minimum absolute atomic E-state index is 0.0786. The summed E-state index contributed by atoms with van der Waals surface area (Å²) in [4.78, 5) is 28.3. The smallest absolute Gasteiger partial charge is 0.337 e. The number of aromatic nitrogens is 1. The number of nitrogens with one attached hydrogen (secondary N) is 1. The summed E-state index contributed by atoms with van der Waals surface area (Å²) in [5.41, 5.74) is 0.407. The van der Waals surface area contributed by atoms with E-state index in [9.17, 15) is 18.0 Å². The summed E-state index contributed by atoms with van der Waals surface area (Å²) >= 11 is 1.40. The number of benzene rings is 1. The van der Waals surface area contributed by atoms with Gasteiger partial charge in [-0.05, 0) is 18.2 Å². The van der Waals surface area contributed by atoms with Crippen LogP contribution in [0.1, 0.15) is 25.7 Å². The van der Waals surface area contributed by atoms with Crippen molar-refractivity contribution in [3.8, 4) is 0 Å². The second kappa shape index (κ2) is 7.62. The predicted octanol–water partition coefficient (Wildman–Crippen LogP) is 1.26. The molecule has 2 aromatic rings. The van der Waals surface area contributed by atoms with Gasteiger partial charge in [-0.15, -0.1) is 11.3 Å². The summed E-state index contributed by atoms with van der Waals surface area (Å²) in [6.45, 7) is 0.232. The van der Waals surface area contributed by atoms with E-state index < -0.39 is 21.9 Å². The fourth-order valence-electron chi connectivity index (χ4n) is 1.95. The van der Waals surface area contributed by atoms with Crippen LogP contribution in [0.25, 0.3) is 0 Å². The molecule has 0 atom stereocenters. The molecule has 25 heavy (non-hydrogen) atoms. The van der Waals surface area contributed by atoms with Gasteiger partial charge in [0.25, 0.3) is 5.91 Å². The molecule has 0 fully saturated rings. The molecule has 0 saturated carbocycles. The monoisotopic (exact) mass is 383 g/mol. The molecule has 0 bridgehead atoms. The Balaban J connectivity index is 2.35. The van der Waals surface area contributed by atoms with Gasteiger partial charge in [-0.1, -0.05) is 0 Å². The fraction of sp³-hybridized carbons (Fsp3) is 0.267. The molecule has 0 aliphatic carbocycles. The summed E-state index contributed by atoms with van der Waals surface area (Å²) in [5.74, 6) is -1.12.